The monoisotopic (exact) mass is 168 g/mol. The summed E-state index contributed by atoms with van der Waals surface area (Å²) < 4.78 is 0. The van der Waals surface area contributed by atoms with Gasteiger partial charge in [-0.1, -0.05) is 6.92 Å². The molecule has 12 heavy (non-hydrogen) atoms. The Kier molecular flexibility index (Phi) is 2.37. The van der Waals surface area contributed by atoms with Crippen molar-refractivity contribution in [1.29, 1.82) is 0 Å². The molecule has 1 aliphatic carbocycles. The van der Waals surface area contributed by atoms with Gasteiger partial charge >= 0.3 is 0 Å². The van der Waals surface area contributed by atoms with E-state index < -0.39 is 0 Å². The Bertz CT molecular complexity index is 144. The highest BCUT2D eigenvalue weighted by atomic mass is 15.2. The lowest BCUT2D eigenvalue weighted by Gasteiger charge is -2.44. The van der Waals surface area contributed by atoms with Gasteiger partial charge in [0.25, 0.3) is 0 Å². The summed E-state index contributed by atoms with van der Waals surface area (Å²) in [5.41, 5.74) is 5.78. The highest BCUT2D eigenvalue weighted by Gasteiger charge is 2.32. The van der Waals surface area contributed by atoms with E-state index in [1.54, 1.807) is 0 Å². The van der Waals surface area contributed by atoms with E-state index in [2.05, 4.69) is 11.8 Å². The van der Waals surface area contributed by atoms with Crippen LogP contribution in [0.25, 0.3) is 0 Å². The van der Waals surface area contributed by atoms with Gasteiger partial charge < -0.3 is 10.6 Å². The second-order valence-electron chi connectivity index (χ2n) is 4.60. The number of hydrogen-bond donors (Lipinski definition) is 1. The first-order chi connectivity index (χ1) is 5.75. The van der Waals surface area contributed by atoms with Gasteiger partial charge in [0, 0.05) is 12.1 Å². The minimum absolute atomic E-state index is 0.509. The topological polar surface area (TPSA) is 29.3 Å². The summed E-state index contributed by atoms with van der Waals surface area (Å²) in [5.74, 6) is 0.954. The lowest BCUT2D eigenvalue weighted by Crippen LogP contribution is -2.52. The Morgan fingerprint density at radius 1 is 1.17 bits per heavy atom. The summed E-state index contributed by atoms with van der Waals surface area (Å²) in [6.07, 6.45) is 5.28. The maximum Gasteiger partial charge on any atom is 0.0125 e. The molecule has 0 spiro atoms. The zero-order valence-electron chi connectivity index (χ0n) is 8.00. The van der Waals surface area contributed by atoms with Crippen LogP contribution in [-0.4, -0.2) is 30.1 Å². The fourth-order valence-electron chi connectivity index (χ4n) is 2.32. The van der Waals surface area contributed by atoms with E-state index in [0.717, 1.165) is 12.0 Å². The van der Waals surface area contributed by atoms with Gasteiger partial charge in [-0.05, 0) is 44.7 Å². The first-order valence-electron chi connectivity index (χ1n) is 5.25. The maximum atomic E-state index is 5.78. The number of nitrogens with two attached hydrogens (primary N) is 1. The Labute approximate surface area is 75.1 Å². The van der Waals surface area contributed by atoms with Crippen molar-refractivity contribution in [2.24, 2.45) is 11.7 Å². The largest absolute Gasteiger partial charge is 0.328 e. The molecule has 2 rings (SSSR count). The van der Waals surface area contributed by atoms with Gasteiger partial charge in [-0.3, -0.25) is 0 Å². The second kappa shape index (κ2) is 3.35. The number of piperidine rings is 1. The lowest BCUT2D eigenvalue weighted by molar-refractivity contribution is 0.0760. The van der Waals surface area contributed by atoms with Crippen molar-refractivity contribution < 1.29 is 0 Å². The van der Waals surface area contributed by atoms with Gasteiger partial charge in [0.05, 0.1) is 0 Å². The Morgan fingerprint density at radius 3 is 2.25 bits per heavy atom. The molecule has 1 saturated carbocycles. The smallest absolute Gasteiger partial charge is 0.0125 e. The normalized spacial score (nSPS) is 39.5. The number of likely N-dealkylation sites (tertiary alicyclic amines) is 1. The molecule has 0 aromatic rings. The predicted molar refractivity (Wildman–Crippen MR) is 51.0 cm³/mol. The maximum absolute atomic E-state index is 5.78. The molecule has 0 radical (unpaired) electrons. The Morgan fingerprint density at radius 2 is 1.75 bits per heavy atom. The van der Waals surface area contributed by atoms with Crippen LogP contribution in [0.3, 0.4) is 0 Å². The first kappa shape index (κ1) is 8.52. The molecule has 70 valence electrons. The minimum Gasteiger partial charge on any atom is -0.328 e. The molecule has 2 aliphatic rings. The van der Waals surface area contributed by atoms with Crippen LogP contribution < -0.4 is 5.73 Å². The summed E-state index contributed by atoms with van der Waals surface area (Å²) in [6, 6.07) is 1.35. The molecular weight excluding hydrogens is 148 g/mol. The Hall–Kier alpha value is -0.0800. The number of rotatable bonds is 1. The van der Waals surface area contributed by atoms with E-state index in [9.17, 15) is 0 Å². The average molecular weight is 168 g/mol. The summed E-state index contributed by atoms with van der Waals surface area (Å²) in [5, 5.41) is 0. The van der Waals surface area contributed by atoms with E-state index in [1.807, 2.05) is 0 Å². The van der Waals surface area contributed by atoms with Gasteiger partial charge in [-0.2, -0.15) is 0 Å². The van der Waals surface area contributed by atoms with Crippen molar-refractivity contribution in [2.75, 3.05) is 13.1 Å². The summed E-state index contributed by atoms with van der Waals surface area (Å²) >= 11 is 0. The molecule has 2 nitrogen and oxygen atoms in total. The SMILES string of the molecule is CC1CCN(C2CC(N)C2)CC1. The molecule has 2 heteroatoms. The third-order valence-electron chi connectivity index (χ3n) is 3.48. The highest BCUT2D eigenvalue weighted by molar-refractivity contribution is 4.90. The average Bonchev–Trinajstić information content (AvgIpc) is 2.01. The van der Waals surface area contributed by atoms with E-state index in [4.69, 9.17) is 5.73 Å². The van der Waals surface area contributed by atoms with Crippen molar-refractivity contribution in [3.05, 3.63) is 0 Å². The van der Waals surface area contributed by atoms with Crippen molar-refractivity contribution in [3.63, 3.8) is 0 Å². The summed E-state index contributed by atoms with van der Waals surface area (Å²) in [7, 11) is 0. The third kappa shape index (κ3) is 1.64. The molecule has 1 aliphatic heterocycles. The quantitative estimate of drug-likeness (QED) is 0.637. The zero-order chi connectivity index (χ0) is 8.55. The van der Waals surface area contributed by atoms with Crippen molar-refractivity contribution in [2.45, 2.75) is 44.7 Å². The van der Waals surface area contributed by atoms with Crippen molar-refractivity contribution in [1.82, 2.24) is 4.90 Å². The van der Waals surface area contributed by atoms with Crippen LogP contribution in [0.2, 0.25) is 0 Å². The van der Waals surface area contributed by atoms with Crippen LogP contribution in [0.1, 0.15) is 32.6 Å². The molecule has 1 heterocycles. The lowest BCUT2D eigenvalue weighted by atomic mass is 9.84. The van der Waals surface area contributed by atoms with Gasteiger partial charge in [0.1, 0.15) is 0 Å². The Balaban J connectivity index is 1.75. The van der Waals surface area contributed by atoms with Crippen molar-refractivity contribution >= 4 is 0 Å². The van der Waals surface area contributed by atoms with E-state index >= 15 is 0 Å². The minimum atomic E-state index is 0.509. The fraction of sp³-hybridized carbons (Fsp3) is 1.00. The van der Waals surface area contributed by atoms with Crippen LogP contribution in [0.15, 0.2) is 0 Å². The molecule has 2 N–H and O–H groups in total. The summed E-state index contributed by atoms with van der Waals surface area (Å²) in [4.78, 5) is 2.64. The van der Waals surface area contributed by atoms with Crippen LogP contribution in [0.4, 0.5) is 0 Å². The van der Waals surface area contributed by atoms with E-state index in [0.29, 0.717) is 6.04 Å². The van der Waals surface area contributed by atoms with Crippen LogP contribution in [0, 0.1) is 5.92 Å². The first-order valence-corrected chi connectivity index (χ1v) is 5.25. The predicted octanol–water partition coefficient (Wildman–Crippen LogP) is 1.21. The molecular formula is C10H20N2. The molecule has 0 atom stereocenters. The van der Waals surface area contributed by atoms with Gasteiger partial charge in [0.15, 0.2) is 0 Å². The molecule has 0 aromatic carbocycles. The van der Waals surface area contributed by atoms with Gasteiger partial charge in [-0.15, -0.1) is 0 Å². The fourth-order valence-corrected chi connectivity index (χ4v) is 2.32. The molecule has 0 bridgehead atoms. The zero-order valence-corrected chi connectivity index (χ0v) is 8.00. The van der Waals surface area contributed by atoms with Gasteiger partial charge in [0.2, 0.25) is 0 Å². The number of nitrogens with zero attached hydrogens (tertiary/aromatic N) is 1. The second-order valence-corrected chi connectivity index (χ2v) is 4.60. The number of hydrogen-bond acceptors (Lipinski definition) is 2. The van der Waals surface area contributed by atoms with Crippen LogP contribution in [-0.2, 0) is 0 Å². The van der Waals surface area contributed by atoms with E-state index in [1.165, 1.54) is 38.8 Å². The van der Waals surface area contributed by atoms with Gasteiger partial charge in [-0.25, -0.2) is 0 Å². The van der Waals surface area contributed by atoms with Crippen molar-refractivity contribution in [3.8, 4) is 0 Å². The molecule has 2 fully saturated rings. The molecule has 1 saturated heterocycles. The van der Waals surface area contributed by atoms with Crippen LogP contribution in [0.5, 0.6) is 0 Å². The molecule has 0 unspecified atom stereocenters. The molecule has 0 amide bonds. The molecule has 0 aromatic heterocycles. The third-order valence-corrected chi connectivity index (χ3v) is 3.48. The standard InChI is InChI=1S/C10H20N2/c1-8-2-4-12(5-3-8)10-6-9(11)7-10/h8-10H,2-7,11H2,1H3. The van der Waals surface area contributed by atoms with E-state index in [-0.39, 0.29) is 0 Å². The van der Waals surface area contributed by atoms with Crippen LogP contribution >= 0.6 is 0 Å². The summed E-state index contributed by atoms with van der Waals surface area (Å²) in [6.45, 7) is 5.00. The highest BCUT2D eigenvalue weighted by Crippen LogP contribution is 2.28.